The SMILES string of the molecule is O=C1C[C@H](NCCc2cccc(Cl)c2)C(=O)N1c1ccc(N=Nc2ccccc2)cc1. The number of nitrogens with zero attached hydrogens (tertiary/aromatic N) is 3. The quantitative estimate of drug-likeness (QED) is 0.411. The van der Waals surface area contributed by atoms with Crippen molar-refractivity contribution in [3.8, 4) is 0 Å². The van der Waals surface area contributed by atoms with Gasteiger partial charge in [-0.15, -0.1) is 0 Å². The van der Waals surface area contributed by atoms with Gasteiger partial charge in [0.15, 0.2) is 0 Å². The van der Waals surface area contributed by atoms with Crippen LogP contribution in [0, 0.1) is 0 Å². The molecule has 0 aromatic heterocycles. The molecule has 3 aromatic rings. The van der Waals surface area contributed by atoms with Crippen LogP contribution in [0.4, 0.5) is 17.1 Å². The number of imide groups is 1. The van der Waals surface area contributed by atoms with Gasteiger partial charge in [-0.3, -0.25) is 9.59 Å². The van der Waals surface area contributed by atoms with Crippen molar-refractivity contribution in [3.63, 3.8) is 0 Å². The molecule has 6 nitrogen and oxygen atoms in total. The van der Waals surface area contributed by atoms with Gasteiger partial charge in [-0.25, -0.2) is 4.90 Å². The van der Waals surface area contributed by atoms with E-state index in [4.69, 9.17) is 11.6 Å². The number of rotatable bonds is 7. The Kier molecular flexibility index (Phi) is 6.50. The highest BCUT2D eigenvalue weighted by molar-refractivity contribution is 6.30. The van der Waals surface area contributed by atoms with Gasteiger partial charge in [-0.1, -0.05) is 41.9 Å². The first-order chi connectivity index (χ1) is 15.1. The lowest BCUT2D eigenvalue weighted by Gasteiger charge is -2.15. The average Bonchev–Trinajstić information content (AvgIpc) is 3.06. The van der Waals surface area contributed by atoms with Gasteiger partial charge in [0, 0.05) is 5.02 Å². The molecule has 1 saturated heterocycles. The summed E-state index contributed by atoms with van der Waals surface area (Å²) < 4.78 is 0. The summed E-state index contributed by atoms with van der Waals surface area (Å²) in [6.07, 6.45) is 0.865. The van der Waals surface area contributed by atoms with Crippen molar-refractivity contribution in [1.29, 1.82) is 0 Å². The molecule has 0 radical (unpaired) electrons. The van der Waals surface area contributed by atoms with Crippen LogP contribution in [-0.4, -0.2) is 24.4 Å². The molecule has 1 atom stereocenters. The number of halogens is 1. The monoisotopic (exact) mass is 432 g/mol. The number of carbonyl (C=O) groups is 2. The number of carbonyl (C=O) groups excluding carboxylic acids is 2. The Morgan fingerprint density at radius 1 is 0.903 bits per heavy atom. The number of azo groups is 1. The lowest BCUT2D eigenvalue weighted by atomic mass is 10.1. The predicted octanol–water partition coefficient (Wildman–Crippen LogP) is 5.22. The fraction of sp³-hybridized carbons (Fsp3) is 0.167. The molecule has 1 fully saturated rings. The van der Waals surface area contributed by atoms with Crippen LogP contribution in [0.25, 0.3) is 0 Å². The van der Waals surface area contributed by atoms with Crippen LogP contribution >= 0.6 is 11.6 Å². The van der Waals surface area contributed by atoms with Gasteiger partial charge in [0.25, 0.3) is 5.91 Å². The predicted molar refractivity (Wildman–Crippen MR) is 121 cm³/mol. The largest absolute Gasteiger partial charge is 0.305 e. The second kappa shape index (κ2) is 9.64. The first kappa shape index (κ1) is 20.9. The van der Waals surface area contributed by atoms with Crippen LogP contribution in [0.2, 0.25) is 5.02 Å². The van der Waals surface area contributed by atoms with E-state index in [-0.39, 0.29) is 18.2 Å². The summed E-state index contributed by atoms with van der Waals surface area (Å²) in [5, 5.41) is 12.2. The number of anilines is 1. The highest BCUT2D eigenvalue weighted by Gasteiger charge is 2.39. The Hall–Kier alpha value is -3.35. The Bertz CT molecular complexity index is 1100. The molecule has 2 amide bonds. The summed E-state index contributed by atoms with van der Waals surface area (Å²) in [5.74, 6) is -0.460. The Labute approximate surface area is 185 Å². The van der Waals surface area contributed by atoms with Gasteiger partial charge < -0.3 is 5.32 Å². The number of benzene rings is 3. The van der Waals surface area contributed by atoms with Crippen molar-refractivity contribution in [2.24, 2.45) is 10.2 Å². The van der Waals surface area contributed by atoms with Crippen molar-refractivity contribution < 1.29 is 9.59 Å². The molecule has 0 spiro atoms. The van der Waals surface area contributed by atoms with E-state index < -0.39 is 6.04 Å². The molecule has 7 heteroatoms. The second-order valence-corrected chi connectivity index (χ2v) is 7.65. The van der Waals surface area contributed by atoms with E-state index in [0.29, 0.717) is 22.9 Å². The first-order valence-corrected chi connectivity index (χ1v) is 10.4. The molecule has 1 aliphatic heterocycles. The molecule has 1 N–H and O–H groups in total. The van der Waals surface area contributed by atoms with Crippen molar-refractivity contribution in [2.45, 2.75) is 18.9 Å². The smallest absolute Gasteiger partial charge is 0.251 e. The maximum atomic E-state index is 12.8. The minimum atomic E-state index is -0.524. The standard InChI is InChI=1S/C24H21ClN4O2/c25-18-6-4-5-17(15-18)13-14-26-22-16-23(30)29(24(22)31)21-11-9-20(10-12-21)28-27-19-7-2-1-3-8-19/h1-12,15,22,26H,13-14,16H2/t22-/m0/s1. The summed E-state index contributed by atoms with van der Waals surface area (Å²) in [6.45, 7) is 0.580. The Morgan fingerprint density at radius 3 is 2.32 bits per heavy atom. The van der Waals surface area contributed by atoms with Crippen molar-refractivity contribution in [1.82, 2.24) is 5.32 Å². The van der Waals surface area contributed by atoms with E-state index in [9.17, 15) is 9.59 Å². The number of amides is 2. The maximum Gasteiger partial charge on any atom is 0.251 e. The number of hydrogen-bond donors (Lipinski definition) is 1. The topological polar surface area (TPSA) is 74.1 Å². The van der Waals surface area contributed by atoms with E-state index in [2.05, 4.69) is 15.5 Å². The molecule has 1 aliphatic rings. The average molecular weight is 433 g/mol. The molecular formula is C24H21ClN4O2. The summed E-state index contributed by atoms with van der Waals surface area (Å²) >= 11 is 6.00. The Balaban J connectivity index is 1.36. The van der Waals surface area contributed by atoms with E-state index in [1.807, 2.05) is 54.6 Å². The van der Waals surface area contributed by atoms with Crippen LogP contribution < -0.4 is 10.2 Å². The lowest BCUT2D eigenvalue weighted by Crippen LogP contribution is -2.39. The summed E-state index contributed by atoms with van der Waals surface area (Å²) in [7, 11) is 0. The maximum absolute atomic E-state index is 12.8. The van der Waals surface area contributed by atoms with Crippen molar-refractivity contribution >= 4 is 40.5 Å². The lowest BCUT2D eigenvalue weighted by molar-refractivity contribution is -0.121. The van der Waals surface area contributed by atoms with E-state index in [0.717, 1.165) is 17.7 Å². The van der Waals surface area contributed by atoms with Gasteiger partial charge in [0.2, 0.25) is 5.91 Å². The molecule has 0 saturated carbocycles. The zero-order valence-corrected chi connectivity index (χ0v) is 17.5. The zero-order valence-electron chi connectivity index (χ0n) is 16.7. The minimum Gasteiger partial charge on any atom is -0.305 e. The summed E-state index contributed by atoms with van der Waals surface area (Å²) in [6, 6.07) is 23.4. The highest BCUT2D eigenvalue weighted by atomic mass is 35.5. The van der Waals surface area contributed by atoms with E-state index in [1.54, 1.807) is 24.3 Å². The molecule has 3 aromatic carbocycles. The third kappa shape index (κ3) is 5.23. The van der Waals surface area contributed by atoms with Gasteiger partial charge in [-0.2, -0.15) is 10.2 Å². The van der Waals surface area contributed by atoms with Crippen LogP contribution in [-0.2, 0) is 16.0 Å². The number of nitrogens with one attached hydrogen (secondary N) is 1. The molecular weight excluding hydrogens is 412 g/mol. The second-order valence-electron chi connectivity index (χ2n) is 7.21. The van der Waals surface area contributed by atoms with Gasteiger partial charge in [-0.05, 0) is 67.1 Å². The third-order valence-corrected chi connectivity index (χ3v) is 5.22. The van der Waals surface area contributed by atoms with Crippen molar-refractivity contribution in [2.75, 3.05) is 11.4 Å². The molecule has 4 rings (SSSR count). The van der Waals surface area contributed by atoms with E-state index >= 15 is 0 Å². The molecule has 1 heterocycles. The van der Waals surface area contributed by atoms with Crippen LogP contribution in [0.5, 0.6) is 0 Å². The third-order valence-electron chi connectivity index (χ3n) is 4.99. The fourth-order valence-electron chi connectivity index (χ4n) is 3.42. The summed E-state index contributed by atoms with van der Waals surface area (Å²) in [4.78, 5) is 26.5. The van der Waals surface area contributed by atoms with E-state index in [1.165, 1.54) is 4.90 Å². The van der Waals surface area contributed by atoms with Gasteiger partial charge in [0.05, 0.1) is 29.5 Å². The van der Waals surface area contributed by atoms with Gasteiger partial charge >= 0.3 is 0 Å². The van der Waals surface area contributed by atoms with Crippen LogP contribution in [0.3, 0.4) is 0 Å². The molecule has 0 bridgehead atoms. The summed E-state index contributed by atoms with van der Waals surface area (Å²) in [5.41, 5.74) is 3.01. The highest BCUT2D eigenvalue weighted by Crippen LogP contribution is 2.26. The molecule has 0 aliphatic carbocycles. The number of hydrogen-bond acceptors (Lipinski definition) is 5. The first-order valence-electron chi connectivity index (χ1n) is 10.0. The van der Waals surface area contributed by atoms with Gasteiger partial charge in [0.1, 0.15) is 0 Å². The van der Waals surface area contributed by atoms with Crippen LogP contribution in [0.1, 0.15) is 12.0 Å². The molecule has 156 valence electrons. The minimum absolute atomic E-state index is 0.143. The molecule has 31 heavy (non-hydrogen) atoms. The van der Waals surface area contributed by atoms with Crippen LogP contribution in [0.15, 0.2) is 89.1 Å². The van der Waals surface area contributed by atoms with Crippen molar-refractivity contribution in [3.05, 3.63) is 89.4 Å². The fourth-order valence-corrected chi connectivity index (χ4v) is 3.64. The Morgan fingerprint density at radius 2 is 1.61 bits per heavy atom. The normalized spacial score (nSPS) is 16.4. The zero-order chi connectivity index (χ0) is 21.6. The molecule has 0 unspecified atom stereocenters.